The summed E-state index contributed by atoms with van der Waals surface area (Å²) >= 11 is 0. The van der Waals surface area contributed by atoms with Gasteiger partial charge in [0, 0.05) is 33.2 Å². The monoisotopic (exact) mass is 236 g/mol. The van der Waals surface area contributed by atoms with Crippen LogP contribution >= 0.6 is 0 Å². The number of carbonyl (C=O) groups excluding carboxylic acids is 1. The summed E-state index contributed by atoms with van der Waals surface area (Å²) in [5.74, 6) is 0.101. The molecule has 1 aromatic rings. The number of hydrogen-bond acceptors (Lipinski definition) is 3. The standard InChI is InChI=1S/C12H20N4O/c1-4-15-5-7-16(8-6-15)12(17)11-9-10(2)13-14(11)3/h9H,4-8H2,1-3H3. The van der Waals surface area contributed by atoms with Gasteiger partial charge in [-0.2, -0.15) is 5.10 Å². The molecule has 94 valence electrons. The van der Waals surface area contributed by atoms with E-state index in [4.69, 9.17) is 0 Å². The van der Waals surface area contributed by atoms with Gasteiger partial charge in [0.1, 0.15) is 5.69 Å². The second-order valence-electron chi connectivity index (χ2n) is 4.52. The summed E-state index contributed by atoms with van der Waals surface area (Å²) in [6.45, 7) is 8.70. The Labute approximate surface area is 102 Å². The Hall–Kier alpha value is -1.36. The summed E-state index contributed by atoms with van der Waals surface area (Å²) in [6.07, 6.45) is 0. The van der Waals surface area contributed by atoms with Crippen LogP contribution in [-0.4, -0.2) is 58.2 Å². The number of nitrogens with zero attached hydrogens (tertiary/aromatic N) is 4. The van der Waals surface area contributed by atoms with Crippen molar-refractivity contribution in [3.63, 3.8) is 0 Å². The van der Waals surface area contributed by atoms with Crippen molar-refractivity contribution >= 4 is 5.91 Å². The van der Waals surface area contributed by atoms with E-state index in [-0.39, 0.29) is 5.91 Å². The van der Waals surface area contributed by atoms with E-state index >= 15 is 0 Å². The third-order valence-electron chi connectivity index (χ3n) is 3.33. The van der Waals surface area contributed by atoms with Crippen molar-refractivity contribution in [2.75, 3.05) is 32.7 Å². The van der Waals surface area contributed by atoms with Gasteiger partial charge >= 0.3 is 0 Å². The lowest BCUT2D eigenvalue weighted by Crippen LogP contribution is -2.48. The third-order valence-corrected chi connectivity index (χ3v) is 3.33. The van der Waals surface area contributed by atoms with Crippen LogP contribution in [0.15, 0.2) is 6.07 Å². The van der Waals surface area contributed by atoms with E-state index in [1.165, 1.54) is 0 Å². The van der Waals surface area contributed by atoms with Crippen LogP contribution in [0.2, 0.25) is 0 Å². The first-order valence-corrected chi connectivity index (χ1v) is 6.14. The number of hydrogen-bond donors (Lipinski definition) is 0. The summed E-state index contributed by atoms with van der Waals surface area (Å²) < 4.78 is 1.67. The number of rotatable bonds is 2. The van der Waals surface area contributed by atoms with Crippen LogP contribution in [0.1, 0.15) is 23.1 Å². The zero-order valence-electron chi connectivity index (χ0n) is 10.8. The molecule has 2 heterocycles. The minimum atomic E-state index is 0.101. The molecule has 0 N–H and O–H groups in total. The first-order chi connectivity index (χ1) is 8.11. The molecule has 0 spiro atoms. The van der Waals surface area contributed by atoms with E-state index in [2.05, 4.69) is 16.9 Å². The highest BCUT2D eigenvalue weighted by atomic mass is 16.2. The second kappa shape index (κ2) is 4.87. The average molecular weight is 236 g/mol. The van der Waals surface area contributed by atoms with Crippen molar-refractivity contribution in [3.8, 4) is 0 Å². The first-order valence-electron chi connectivity index (χ1n) is 6.14. The highest BCUT2D eigenvalue weighted by Crippen LogP contribution is 2.09. The van der Waals surface area contributed by atoms with E-state index < -0.39 is 0 Å². The molecular weight excluding hydrogens is 216 g/mol. The Kier molecular flexibility index (Phi) is 3.47. The maximum absolute atomic E-state index is 12.3. The Morgan fingerprint density at radius 1 is 1.35 bits per heavy atom. The molecule has 0 unspecified atom stereocenters. The number of aryl methyl sites for hydroxylation is 2. The van der Waals surface area contributed by atoms with Crippen molar-refractivity contribution < 1.29 is 4.79 Å². The van der Waals surface area contributed by atoms with Crippen LogP contribution in [0, 0.1) is 6.92 Å². The van der Waals surface area contributed by atoms with E-state index in [0.29, 0.717) is 5.69 Å². The number of likely N-dealkylation sites (N-methyl/N-ethyl adjacent to an activating group) is 1. The second-order valence-corrected chi connectivity index (χ2v) is 4.52. The molecular formula is C12H20N4O. The summed E-state index contributed by atoms with van der Waals surface area (Å²) in [6, 6.07) is 1.86. The number of aromatic nitrogens is 2. The molecule has 0 aromatic carbocycles. The van der Waals surface area contributed by atoms with Gasteiger partial charge in [-0.1, -0.05) is 6.92 Å². The predicted octanol–water partition coefficient (Wildman–Crippen LogP) is 0.506. The van der Waals surface area contributed by atoms with Crippen molar-refractivity contribution in [1.82, 2.24) is 19.6 Å². The molecule has 1 saturated heterocycles. The van der Waals surface area contributed by atoms with Crippen LogP contribution < -0.4 is 0 Å². The van der Waals surface area contributed by atoms with E-state index in [9.17, 15) is 4.79 Å². The van der Waals surface area contributed by atoms with E-state index in [0.717, 1.165) is 38.4 Å². The molecule has 1 amide bonds. The SMILES string of the molecule is CCN1CCN(C(=O)c2cc(C)nn2C)CC1. The molecule has 2 rings (SSSR count). The normalized spacial score (nSPS) is 17.5. The molecule has 5 nitrogen and oxygen atoms in total. The smallest absolute Gasteiger partial charge is 0.272 e. The Morgan fingerprint density at radius 3 is 2.47 bits per heavy atom. The Balaban J connectivity index is 2.04. The lowest BCUT2D eigenvalue weighted by molar-refractivity contribution is 0.0632. The van der Waals surface area contributed by atoms with Gasteiger partial charge in [0.25, 0.3) is 5.91 Å². The largest absolute Gasteiger partial charge is 0.335 e. The van der Waals surface area contributed by atoms with Crippen molar-refractivity contribution in [2.24, 2.45) is 7.05 Å². The quantitative estimate of drug-likeness (QED) is 0.751. The summed E-state index contributed by atoms with van der Waals surface area (Å²) in [5, 5.41) is 4.22. The van der Waals surface area contributed by atoms with E-state index in [1.54, 1.807) is 4.68 Å². The van der Waals surface area contributed by atoms with Crippen molar-refractivity contribution in [1.29, 1.82) is 0 Å². The number of piperazine rings is 1. The minimum Gasteiger partial charge on any atom is -0.335 e. The molecule has 1 aliphatic rings. The summed E-state index contributed by atoms with van der Waals surface area (Å²) in [4.78, 5) is 16.6. The molecule has 0 atom stereocenters. The molecule has 0 aliphatic carbocycles. The van der Waals surface area contributed by atoms with Crippen LogP contribution in [0.3, 0.4) is 0 Å². The van der Waals surface area contributed by atoms with E-state index in [1.807, 2.05) is 24.9 Å². The van der Waals surface area contributed by atoms with Crippen LogP contribution in [-0.2, 0) is 7.05 Å². The highest BCUT2D eigenvalue weighted by Gasteiger charge is 2.23. The molecule has 1 aromatic heterocycles. The Bertz CT molecular complexity index is 405. The van der Waals surface area contributed by atoms with Gasteiger partial charge < -0.3 is 9.80 Å². The molecule has 0 radical (unpaired) electrons. The van der Waals surface area contributed by atoms with Crippen LogP contribution in [0.4, 0.5) is 0 Å². The van der Waals surface area contributed by atoms with Gasteiger partial charge in [0.05, 0.1) is 5.69 Å². The van der Waals surface area contributed by atoms with Gasteiger partial charge in [-0.3, -0.25) is 9.48 Å². The topological polar surface area (TPSA) is 41.4 Å². The van der Waals surface area contributed by atoms with Gasteiger partial charge in [-0.15, -0.1) is 0 Å². The first kappa shape index (κ1) is 12.1. The number of amides is 1. The fourth-order valence-corrected chi connectivity index (χ4v) is 2.24. The molecule has 1 aliphatic heterocycles. The fourth-order valence-electron chi connectivity index (χ4n) is 2.24. The van der Waals surface area contributed by atoms with Crippen LogP contribution in [0.25, 0.3) is 0 Å². The minimum absolute atomic E-state index is 0.101. The number of carbonyl (C=O) groups is 1. The Morgan fingerprint density at radius 2 is 2.00 bits per heavy atom. The zero-order valence-corrected chi connectivity index (χ0v) is 10.8. The van der Waals surface area contributed by atoms with Gasteiger partial charge in [0.2, 0.25) is 0 Å². The third kappa shape index (κ3) is 2.49. The summed E-state index contributed by atoms with van der Waals surface area (Å²) in [5.41, 5.74) is 1.58. The molecule has 1 fully saturated rings. The lowest BCUT2D eigenvalue weighted by Gasteiger charge is -2.33. The van der Waals surface area contributed by atoms with Crippen LogP contribution in [0.5, 0.6) is 0 Å². The lowest BCUT2D eigenvalue weighted by atomic mass is 10.2. The predicted molar refractivity (Wildman–Crippen MR) is 66.0 cm³/mol. The molecule has 5 heteroatoms. The average Bonchev–Trinajstić information content (AvgIpc) is 2.68. The van der Waals surface area contributed by atoms with Gasteiger partial charge in [-0.25, -0.2) is 0 Å². The summed E-state index contributed by atoms with van der Waals surface area (Å²) in [7, 11) is 1.82. The highest BCUT2D eigenvalue weighted by molar-refractivity contribution is 5.92. The molecule has 0 bridgehead atoms. The van der Waals surface area contributed by atoms with Crippen molar-refractivity contribution in [2.45, 2.75) is 13.8 Å². The maximum Gasteiger partial charge on any atom is 0.272 e. The van der Waals surface area contributed by atoms with Gasteiger partial charge in [-0.05, 0) is 19.5 Å². The molecule has 0 saturated carbocycles. The fraction of sp³-hybridized carbons (Fsp3) is 0.667. The van der Waals surface area contributed by atoms with Crippen molar-refractivity contribution in [3.05, 3.63) is 17.5 Å². The molecule has 17 heavy (non-hydrogen) atoms. The zero-order chi connectivity index (χ0) is 12.4. The maximum atomic E-state index is 12.3. The van der Waals surface area contributed by atoms with Gasteiger partial charge in [0.15, 0.2) is 0 Å².